The van der Waals surface area contributed by atoms with E-state index in [1.165, 1.54) is 0 Å². The molecule has 1 atom stereocenters. The van der Waals surface area contributed by atoms with E-state index in [1.807, 2.05) is 12.1 Å². The van der Waals surface area contributed by atoms with E-state index >= 15 is 0 Å². The molecule has 0 saturated heterocycles. The number of hydrogen-bond acceptors (Lipinski definition) is 4. The number of anilines is 2. The van der Waals surface area contributed by atoms with E-state index in [0.29, 0.717) is 11.7 Å². The summed E-state index contributed by atoms with van der Waals surface area (Å²) in [5.74, 6) is 0.728. The predicted molar refractivity (Wildman–Crippen MR) is 66.0 cm³/mol. The summed E-state index contributed by atoms with van der Waals surface area (Å²) in [6.07, 6.45) is 3.28. The zero-order valence-corrected chi connectivity index (χ0v) is 9.83. The van der Waals surface area contributed by atoms with Crippen molar-refractivity contribution >= 4 is 11.5 Å². The van der Waals surface area contributed by atoms with Gasteiger partial charge in [0.25, 0.3) is 0 Å². The minimum absolute atomic E-state index is 0.288. The smallest absolute Gasteiger partial charge is 0.165 e. The van der Waals surface area contributed by atoms with E-state index in [4.69, 9.17) is 11.0 Å². The Bertz CT molecular complexity index is 381. The van der Waals surface area contributed by atoms with Crippen molar-refractivity contribution in [3.8, 4) is 6.07 Å². The molecule has 4 heteroatoms. The van der Waals surface area contributed by atoms with E-state index in [9.17, 15) is 0 Å². The fourth-order valence-electron chi connectivity index (χ4n) is 1.58. The molecule has 0 aliphatic carbocycles. The summed E-state index contributed by atoms with van der Waals surface area (Å²) < 4.78 is 0. The van der Waals surface area contributed by atoms with Crippen LogP contribution in [0.5, 0.6) is 0 Å². The van der Waals surface area contributed by atoms with Gasteiger partial charge in [-0.3, -0.25) is 0 Å². The van der Waals surface area contributed by atoms with Crippen molar-refractivity contribution in [1.82, 2.24) is 4.98 Å². The summed E-state index contributed by atoms with van der Waals surface area (Å²) in [6.45, 7) is 4.29. The maximum atomic E-state index is 8.82. The Balaban J connectivity index is 2.77. The summed E-state index contributed by atoms with van der Waals surface area (Å²) in [7, 11) is 0. The summed E-state index contributed by atoms with van der Waals surface area (Å²) in [4.78, 5) is 4.16. The molecule has 1 unspecified atom stereocenters. The molecule has 0 fully saturated rings. The van der Waals surface area contributed by atoms with Crippen LogP contribution in [0.2, 0.25) is 0 Å². The zero-order chi connectivity index (χ0) is 12.0. The fourth-order valence-corrected chi connectivity index (χ4v) is 1.58. The van der Waals surface area contributed by atoms with Crippen molar-refractivity contribution in [2.45, 2.75) is 39.2 Å². The van der Waals surface area contributed by atoms with Crippen molar-refractivity contribution in [1.29, 1.82) is 5.26 Å². The molecule has 0 saturated carbocycles. The third kappa shape index (κ3) is 3.13. The van der Waals surface area contributed by atoms with Crippen molar-refractivity contribution in [3.05, 3.63) is 17.8 Å². The van der Waals surface area contributed by atoms with Crippen LogP contribution in [0.15, 0.2) is 12.1 Å². The minimum atomic E-state index is 0.288. The molecule has 0 amide bonds. The summed E-state index contributed by atoms with van der Waals surface area (Å²) in [5, 5.41) is 12.1. The molecule has 1 aromatic heterocycles. The monoisotopic (exact) mass is 218 g/mol. The van der Waals surface area contributed by atoms with Gasteiger partial charge in [-0.1, -0.05) is 20.3 Å². The summed E-state index contributed by atoms with van der Waals surface area (Å²) in [6, 6.07) is 5.92. The molecule has 1 aromatic rings. The maximum absolute atomic E-state index is 8.82. The van der Waals surface area contributed by atoms with Crippen LogP contribution in [0.3, 0.4) is 0 Å². The van der Waals surface area contributed by atoms with E-state index in [0.717, 1.165) is 25.1 Å². The summed E-state index contributed by atoms with van der Waals surface area (Å²) >= 11 is 0. The third-order valence-corrected chi connectivity index (χ3v) is 2.51. The number of hydrogen-bond donors (Lipinski definition) is 2. The lowest BCUT2D eigenvalue weighted by Crippen LogP contribution is -2.19. The lowest BCUT2D eigenvalue weighted by Gasteiger charge is -2.16. The molecule has 86 valence electrons. The Hall–Kier alpha value is -1.76. The average molecular weight is 218 g/mol. The van der Waals surface area contributed by atoms with Gasteiger partial charge in [0.2, 0.25) is 0 Å². The quantitative estimate of drug-likeness (QED) is 0.796. The second kappa shape index (κ2) is 5.96. The molecule has 3 N–H and O–H groups in total. The molecule has 1 rings (SSSR count). The average Bonchev–Trinajstić information content (AvgIpc) is 2.30. The highest BCUT2D eigenvalue weighted by Gasteiger charge is 2.07. The van der Waals surface area contributed by atoms with E-state index in [-0.39, 0.29) is 5.69 Å². The number of nitriles is 1. The number of nitrogens with one attached hydrogen (secondary N) is 1. The number of aromatic nitrogens is 1. The first-order valence-corrected chi connectivity index (χ1v) is 5.64. The van der Waals surface area contributed by atoms with E-state index < -0.39 is 0 Å². The highest BCUT2D eigenvalue weighted by atomic mass is 15.0. The predicted octanol–water partition coefficient (Wildman–Crippen LogP) is 2.53. The molecular formula is C12H18N4. The van der Waals surface area contributed by atoms with Gasteiger partial charge >= 0.3 is 0 Å². The van der Waals surface area contributed by atoms with E-state index in [2.05, 4.69) is 24.1 Å². The minimum Gasteiger partial charge on any atom is -0.396 e. The molecule has 0 aliphatic rings. The summed E-state index contributed by atoms with van der Waals surface area (Å²) in [5.41, 5.74) is 6.32. The molecule has 0 aliphatic heterocycles. The van der Waals surface area contributed by atoms with Crippen LogP contribution in [0.1, 0.15) is 38.8 Å². The van der Waals surface area contributed by atoms with Crippen LogP contribution >= 0.6 is 0 Å². The van der Waals surface area contributed by atoms with Crippen LogP contribution in [0.4, 0.5) is 11.5 Å². The Labute approximate surface area is 96.5 Å². The van der Waals surface area contributed by atoms with Crippen molar-refractivity contribution in [3.63, 3.8) is 0 Å². The first kappa shape index (κ1) is 12.3. The number of nitrogens with two attached hydrogens (primary N) is 1. The largest absolute Gasteiger partial charge is 0.396 e. The highest BCUT2D eigenvalue weighted by molar-refractivity contribution is 5.54. The van der Waals surface area contributed by atoms with Gasteiger partial charge in [-0.25, -0.2) is 4.98 Å². The number of nitrogens with zero attached hydrogens (tertiary/aromatic N) is 2. The Morgan fingerprint density at radius 2 is 2.25 bits per heavy atom. The molecule has 0 radical (unpaired) electrons. The van der Waals surface area contributed by atoms with Gasteiger partial charge in [0.05, 0.1) is 5.69 Å². The van der Waals surface area contributed by atoms with Gasteiger partial charge in [-0.05, 0) is 25.0 Å². The third-order valence-electron chi connectivity index (χ3n) is 2.51. The lowest BCUT2D eigenvalue weighted by molar-refractivity contribution is 0.620. The van der Waals surface area contributed by atoms with Crippen LogP contribution in [-0.2, 0) is 0 Å². The second-order valence-electron chi connectivity index (χ2n) is 3.78. The standard InChI is InChI=1S/C12H18N4/c1-3-5-9(4-2)15-12-7-6-10(14)11(8-13)16-12/h6-7,9H,3-5,14H2,1-2H3,(H,15,16). The zero-order valence-electron chi connectivity index (χ0n) is 9.83. The lowest BCUT2D eigenvalue weighted by atomic mass is 10.1. The molecule has 4 nitrogen and oxygen atoms in total. The molecule has 0 spiro atoms. The van der Waals surface area contributed by atoms with Gasteiger partial charge in [0.15, 0.2) is 5.69 Å². The molecule has 1 heterocycles. The van der Waals surface area contributed by atoms with Gasteiger partial charge in [0.1, 0.15) is 11.9 Å². The van der Waals surface area contributed by atoms with Gasteiger partial charge < -0.3 is 11.1 Å². The van der Waals surface area contributed by atoms with E-state index in [1.54, 1.807) is 6.07 Å². The Morgan fingerprint density at radius 3 is 2.81 bits per heavy atom. The Morgan fingerprint density at radius 1 is 1.50 bits per heavy atom. The van der Waals surface area contributed by atoms with Crippen LogP contribution in [0.25, 0.3) is 0 Å². The molecule has 0 bridgehead atoms. The second-order valence-corrected chi connectivity index (χ2v) is 3.78. The van der Waals surface area contributed by atoms with Gasteiger partial charge in [-0.15, -0.1) is 0 Å². The van der Waals surface area contributed by atoms with Crippen molar-refractivity contribution < 1.29 is 0 Å². The molecule has 16 heavy (non-hydrogen) atoms. The number of nitrogen functional groups attached to an aromatic ring is 1. The number of pyridine rings is 1. The molecule has 0 aromatic carbocycles. The number of rotatable bonds is 5. The topological polar surface area (TPSA) is 74.7 Å². The van der Waals surface area contributed by atoms with Gasteiger partial charge in [0, 0.05) is 6.04 Å². The highest BCUT2D eigenvalue weighted by Crippen LogP contribution is 2.15. The first-order chi connectivity index (χ1) is 7.71. The maximum Gasteiger partial charge on any atom is 0.165 e. The normalized spacial score (nSPS) is 11.8. The first-order valence-electron chi connectivity index (χ1n) is 5.64. The Kier molecular flexibility index (Phi) is 4.59. The van der Waals surface area contributed by atoms with Crippen LogP contribution in [0, 0.1) is 11.3 Å². The van der Waals surface area contributed by atoms with Crippen LogP contribution in [-0.4, -0.2) is 11.0 Å². The van der Waals surface area contributed by atoms with Crippen LogP contribution < -0.4 is 11.1 Å². The van der Waals surface area contributed by atoms with Gasteiger partial charge in [-0.2, -0.15) is 5.26 Å². The van der Waals surface area contributed by atoms with Crippen molar-refractivity contribution in [2.24, 2.45) is 0 Å². The molecular weight excluding hydrogens is 200 g/mol. The fraction of sp³-hybridized carbons (Fsp3) is 0.500. The van der Waals surface area contributed by atoms with Crippen molar-refractivity contribution in [2.75, 3.05) is 11.1 Å². The SMILES string of the molecule is CCCC(CC)Nc1ccc(N)c(C#N)n1.